The number of halogens is 2. The van der Waals surface area contributed by atoms with Gasteiger partial charge in [0.15, 0.2) is 6.23 Å². The van der Waals surface area contributed by atoms with Crippen molar-refractivity contribution in [3.8, 4) is 35.1 Å². The van der Waals surface area contributed by atoms with Crippen molar-refractivity contribution >= 4 is 91.0 Å². The minimum absolute atomic E-state index is 0.0552. The molecule has 3 N–H and O–H groups in total. The third kappa shape index (κ3) is 16.7. The van der Waals surface area contributed by atoms with Gasteiger partial charge in [-0.3, -0.25) is 24.7 Å². The van der Waals surface area contributed by atoms with E-state index in [4.69, 9.17) is 46.9 Å². The van der Waals surface area contributed by atoms with Crippen LogP contribution in [-0.2, 0) is 27.5 Å². The Hall–Kier alpha value is -9.76. The number of esters is 1. The van der Waals surface area contributed by atoms with E-state index in [9.17, 15) is 20.1 Å². The molecule has 4 aromatic heterocycles. The van der Waals surface area contributed by atoms with Crippen LogP contribution in [0.3, 0.4) is 0 Å². The molecule has 1 unspecified atom stereocenters. The standard InChI is InChI=1S/C64H62Cl2N12O7/c1-7-81-58-34-52-48(63(42(36-67)38-71-52)73-44-19-21-56(50(65)30-44)83-40-46-16-9-11-25-69-46)32-54(58)75-60(18-15-28-77(5)6)85-62(80)24-23-61(79)78(29-14-13-27-76(3)4)55-33-49-53(35-59(55)82-8-2)72-39-43(37-68)64(49)74-45-20-22-57(51(66)31-45)84-41-47-17-10-12-26-70-47/h9-26,30-35,38-39,60,75H,7-8,27-29,40-41H2,1-6H3,(H,71,73)(H,72,74)/b14-13+,18-15+,24-23-. The monoisotopic (exact) mass is 1180 g/mol. The highest BCUT2D eigenvalue weighted by molar-refractivity contribution is 6.32. The zero-order valence-electron chi connectivity index (χ0n) is 47.7. The predicted octanol–water partition coefficient (Wildman–Crippen LogP) is 12.2. The molecule has 0 fully saturated rings. The number of aromatic nitrogens is 4. The predicted molar refractivity (Wildman–Crippen MR) is 332 cm³/mol. The fraction of sp³-hybridized carbons (Fsp3) is 0.219. The normalized spacial score (nSPS) is 11.7. The molecule has 19 nitrogen and oxygen atoms in total. The highest BCUT2D eigenvalue weighted by atomic mass is 35.5. The van der Waals surface area contributed by atoms with Crippen LogP contribution >= 0.6 is 23.2 Å². The smallest absolute Gasteiger partial charge is 0.333 e. The van der Waals surface area contributed by atoms with E-state index in [1.807, 2.05) is 106 Å². The molecule has 1 amide bonds. The van der Waals surface area contributed by atoms with Crippen LogP contribution in [0, 0.1) is 22.7 Å². The van der Waals surface area contributed by atoms with Crippen LogP contribution in [0.1, 0.15) is 36.4 Å². The van der Waals surface area contributed by atoms with E-state index in [-0.39, 0.29) is 44.1 Å². The molecule has 0 aliphatic carbocycles. The third-order valence-electron chi connectivity index (χ3n) is 12.5. The van der Waals surface area contributed by atoms with E-state index in [1.165, 1.54) is 17.3 Å². The van der Waals surface area contributed by atoms with E-state index in [2.05, 4.69) is 48.0 Å². The zero-order valence-corrected chi connectivity index (χ0v) is 49.2. The van der Waals surface area contributed by atoms with Crippen molar-refractivity contribution in [3.05, 3.63) is 191 Å². The Labute approximate surface area is 503 Å². The van der Waals surface area contributed by atoms with Crippen LogP contribution < -0.4 is 39.8 Å². The SMILES string of the molecule is CCOc1cc2ncc(C#N)c(Nc3ccc(OCc4ccccn4)c(Cl)c3)c2cc1NC(/C=C/CN(C)C)OC(=O)/C=C\C(=O)N(C/C=C/CN(C)C)c1cc2c(Nc3ccc(OCc4ccccn4)c(Cl)c3)c(C#N)cnc2cc1OCC. The number of nitrogens with zero attached hydrogens (tertiary/aromatic N) is 9. The summed E-state index contributed by atoms with van der Waals surface area (Å²) in [6.45, 7) is 5.74. The van der Waals surface area contributed by atoms with Crippen LogP contribution in [0.25, 0.3) is 21.8 Å². The molecule has 0 saturated heterocycles. The Morgan fingerprint density at radius 3 is 1.66 bits per heavy atom. The number of fused-ring (bicyclic) bond motifs is 2. The van der Waals surface area contributed by atoms with Gasteiger partial charge in [-0.25, -0.2) is 4.79 Å². The largest absolute Gasteiger partial charge is 0.492 e. The summed E-state index contributed by atoms with van der Waals surface area (Å²) in [5.41, 5.74) is 5.60. The number of likely N-dealkylation sites (N-methyl/N-ethyl adjacent to an activating group) is 2. The van der Waals surface area contributed by atoms with Crippen molar-refractivity contribution in [1.82, 2.24) is 29.7 Å². The molecule has 434 valence electrons. The number of carbonyl (C=O) groups excluding carboxylic acids is 2. The molecule has 21 heteroatoms. The molecule has 4 aromatic carbocycles. The van der Waals surface area contributed by atoms with Gasteiger partial charge in [0.1, 0.15) is 48.4 Å². The van der Waals surface area contributed by atoms with Gasteiger partial charge in [-0.05, 0) is 121 Å². The fourth-order valence-corrected chi connectivity index (χ4v) is 8.99. The molecule has 8 aromatic rings. The molecule has 1 atom stereocenters. The van der Waals surface area contributed by atoms with Crippen molar-refractivity contribution in [2.45, 2.75) is 33.3 Å². The Bertz CT molecular complexity index is 3830. The molecule has 4 heterocycles. The summed E-state index contributed by atoms with van der Waals surface area (Å²) < 4.78 is 30.2. The van der Waals surface area contributed by atoms with E-state index in [0.29, 0.717) is 102 Å². The fourth-order valence-electron chi connectivity index (χ4n) is 8.52. The second kappa shape index (κ2) is 30.0. The number of carbonyl (C=O) groups is 2. The molecular formula is C64H62Cl2N12O7. The topological polar surface area (TPSA) is 225 Å². The van der Waals surface area contributed by atoms with Gasteiger partial charge in [0.25, 0.3) is 5.91 Å². The summed E-state index contributed by atoms with van der Waals surface area (Å²) in [5.74, 6) is 0.164. The molecule has 0 spiro atoms. The van der Waals surface area contributed by atoms with Gasteiger partial charge in [-0.1, -0.05) is 53.6 Å². The number of nitrogens with one attached hydrogen (secondary N) is 3. The number of hydrogen-bond acceptors (Lipinski definition) is 18. The van der Waals surface area contributed by atoms with Gasteiger partial charge in [0, 0.05) is 90.9 Å². The average Bonchev–Trinajstić information content (AvgIpc) is 2.54. The van der Waals surface area contributed by atoms with Crippen LogP contribution in [0.2, 0.25) is 10.0 Å². The molecule has 8 rings (SSSR count). The van der Waals surface area contributed by atoms with E-state index < -0.39 is 18.1 Å². The second-order valence-corrected chi connectivity index (χ2v) is 20.2. The molecule has 0 aliphatic rings. The van der Waals surface area contributed by atoms with Crippen molar-refractivity contribution in [2.24, 2.45) is 0 Å². The molecule has 85 heavy (non-hydrogen) atoms. The summed E-state index contributed by atoms with van der Waals surface area (Å²) in [7, 11) is 7.65. The number of benzene rings is 4. The summed E-state index contributed by atoms with van der Waals surface area (Å²) >= 11 is 13.5. The van der Waals surface area contributed by atoms with Crippen LogP contribution in [0.15, 0.2) is 158 Å². The maximum Gasteiger partial charge on any atom is 0.333 e. The third-order valence-corrected chi connectivity index (χ3v) is 13.1. The Morgan fingerprint density at radius 1 is 0.612 bits per heavy atom. The highest BCUT2D eigenvalue weighted by Crippen LogP contribution is 2.41. The van der Waals surface area contributed by atoms with Crippen molar-refractivity contribution in [1.29, 1.82) is 10.5 Å². The van der Waals surface area contributed by atoms with Gasteiger partial charge in [-0.2, -0.15) is 10.5 Å². The number of nitriles is 2. The first-order chi connectivity index (χ1) is 41.2. The van der Waals surface area contributed by atoms with Crippen molar-refractivity contribution in [2.75, 3.05) is 81.9 Å². The minimum atomic E-state index is -1.11. The highest BCUT2D eigenvalue weighted by Gasteiger charge is 2.23. The number of pyridine rings is 4. The van der Waals surface area contributed by atoms with Crippen LogP contribution in [0.5, 0.6) is 23.0 Å². The summed E-state index contributed by atoms with van der Waals surface area (Å²) in [6.07, 6.45) is 14.6. The molecule has 0 aliphatic heterocycles. The number of amides is 1. The molecular weight excluding hydrogens is 1120 g/mol. The Kier molecular flexibility index (Phi) is 21.6. The number of rotatable bonds is 27. The van der Waals surface area contributed by atoms with Gasteiger partial charge >= 0.3 is 5.97 Å². The minimum Gasteiger partial charge on any atom is -0.492 e. The van der Waals surface area contributed by atoms with Crippen molar-refractivity contribution in [3.63, 3.8) is 0 Å². The summed E-state index contributed by atoms with van der Waals surface area (Å²) in [4.78, 5) is 51.9. The summed E-state index contributed by atoms with van der Waals surface area (Å²) in [5, 5.41) is 32.4. The maximum atomic E-state index is 14.7. The van der Waals surface area contributed by atoms with Crippen LogP contribution in [0.4, 0.5) is 34.1 Å². The number of ether oxygens (including phenoxy) is 5. The average molecular weight is 1180 g/mol. The zero-order chi connectivity index (χ0) is 60.2. The first-order valence-electron chi connectivity index (χ1n) is 27.0. The lowest BCUT2D eigenvalue weighted by molar-refractivity contribution is -0.140. The first-order valence-corrected chi connectivity index (χ1v) is 27.7. The van der Waals surface area contributed by atoms with E-state index in [0.717, 1.165) is 23.5 Å². The van der Waals surface area contributed by atoms with Gasteiger partial charge in [0.2, 0.25) is 0 Å². The number of anilines is 6. The van der Waals surface area contributed by atoms with Crippen LogP contribution in [-0.4, -0.2) is 109 Å². The van der Waals surface area contributed by atoms with Gasteiger partial charge < -0.3 is 54.3 Å². The first kappa shape index (κ1) is 61.3. The Morgan fingerprint density at radius 2 is 1.14 bits per heavy atom. The second-order valence-electron chi connectivity index (χ2n) is 19.4. The van der Waals surface area contributed by atoms with Gasteiger partial charge in [0.05, 0.1) is 79.6 Å². The van der Waals surface area contributed by atoms with E-state index in [1.54, 1.807) is 79.1 Å². The van der Waals surface area contributed by atoms with Crippen molar-refractivity contribution < 1.29 is 33.3 Å². The molecule has 0 radical (unpaired) electrons. The number of hydrogen-bond donors (Lipinski definition) is 3. The Balaban J connectivity index is 1.08. The quantitative estimate of drug-likeness (QED) is 0.0188. The lowest BCUT2D eigenvalue weighted by Crippen LogP contribution is -2.30. The van der Waals surface area contributed by atoms with E-state index >= 15 is 0 Å². The molecule has 0 bridgehead atoms. The molecule has 0 saturated carbocycles. The lowest BCUT2D eigenvalue weighted by atomic mass is 10.1. The maximum absolute atomic E-state index is 14.7. The van der Waals surface area contributed by atoms with Gasteiger partial charge in [-0.15, -0.1) is 0 Å². The summed E-state index contributed by atoms with van der Waals surface area (Å²) in [6, 6.07) is 32.9. The lowest BCUT2D eigenvalue weighted by Gasteiger charge is -2.24.